The topological polar surface area (TPSA) is 108 Å². The summed E-state index contributed by atoms with van der Waals surface area (Å²) in [5, 5.41) is 17.7. The van der Waals surface area contributed by atoms with Crippen molar-refractivity contribution < 1.29 is 19.5 Å². The Morgan fingerprint density at radius 1 is 1.41 bits per heavy atom. The zero-order valence-corrected chi connectivity index (χ0v) is 13.4. The molecule has 0 aromatic carbocycles. The highest BCUT2D eigenvalue weighted by Crippen LogP contribution is 2.33. The van der Waals surface area contributed by atoms with Gasteiger partial charge < -0.3 is 21.1 Å². The molecule has 2 aliphatic rings. The average Bonchev–Trinajstić information content (AvgIpc) is 3.00. The molecule has 4 atom stereocenters. The first kappa shape index (κ1) is 16.9. The minimum Gasteiger partial charge on any atom is -0.480 e. The quantitative estimate of drug-likeness (QED) is 0.387. The maximum absolute atomic E-state index is 11.7. The van der Waals surface area contributed by atoms with Crippen molar-refractivity contribution in [3.63, 3.8) is 0 Å². The van der Waals surface area contributed by atoms with Crippen LogP contribution in [0.3, 0.4) is 0 Å². The van der Waals surface area contributed by atoms with Crippen molar-refractivity contribution in [2.24, 2.45) is 0 Å². The van der Waals surface area contributed by atoms with E-state index in [1.54, 1.807) is 6.92 Å². The number of hydrogen-bond acceptors (Lipinski definition) is 4. The summed E-state index contributed by atoms with van der Waals surface area (Å²) >= 11 is 1.86. The van der Waals surface area contributed by atoms with Gasteiger partial charge in [-0.05, 0) is 19.3 Å². The van der Waals surface area contributed by atoms with Crippen molar-refractivity contribution in [3.8, 4) is 0 Å². The van der Waals surface area contributed by atoms with E-state index in [4.69, 9.17) is 5.11 Å². The highest BCUT2D eigenvalue weighted by molar-refractivity contribution is 8.00. The lowest BCUT2D eigenvalue weighted by Crippen LogP contribution is -2.40. The summed E-state index contributed by atoms with van der Waals surface area (Å²) in [6.07, 6.45) is 3.32. The summed E-state index contributed by atoms with van der Waals surface area (Å²) in [5.74, 6) is -0.263. The van der Waals surface area contributed by atoms with Gasteiger partial charge in [-0.25, -0.2) is 9.59 Å². The second kappa shape index (κ2) is 7.71. The Balaban J connectivity index is 1.62. The standard InChI is InChI=1S/C14H23N3O4S/c1-2-8(13(19)20)15-11(18)6-4-3-5-10-12-9(7-22-10)16-14(21)17-12/h8-10,12H,2-7H2,1H3,(H,15,18)(H,19,20)(H2,16,17,21). The molecule has 4 unspecified atom stereocenters. The average molecular weight is 329 g/mol. The molecule has 4 N–H and O–H groups in total. The number of thioether (sulfide) groups is 1. The summed E-state index contributed by atoms with van der Waals surface area (Å²) in [7, 11) is 0. The molecule has 0 bridgehead atoms. The minimum atomic E-state index is -0.992. The first-order valence-corrected chi connectivity index (χ1v) is 8.77. The summed E-state index contributed by atoms with van der Waals surface area (Å²) < 4.78 is 0. The van der Waals surface area contributed by atoms with Crippen molar-refractivity contribution >= 4 is 29.7 Å². The number of urea groups is 1. The summed E-state index contributed by atoms with van der Waals surface area (Å²) in [6, 6.07) is -0.452. The number of carbonyl (C=O) groups is 3. The Kier molecular flexibility index (Phi) is 5.93. The third-order valence-electron chi connectivity index (χ3n) is 4.12. The Morgan fingerprint density at radius 3 is 2.86 bits per heavy atom. The number of carboxylic acids is 1. The molecular formula is C14H23N3O4S. The summed E-state index contributed by atoms with van der Waals surface area (Å²) in [6.45, 7) is 1.73. The summed E-state index contributed by atoms with van der Waals surface area (Å²) in [5.41, 5.74) is 0. The van der Waals surface area contributed by atoms with Gasteiger partial charge >= 0.3 is 12.0 Å². The fourth-order valence-corrected chi connectivity index (χ4v) is 4.42. The van der Waals surface area contributed by atoms with E-state index < -0.39 is 12.0 Å². The fraction of sp³-hybridized carbons (Fsp3) is 0.786. The maximum atomic E-state index is 11.7. The lowest BCUT2D eigenvalue weighted by molar-refractivity contribution is -0.141. The third-order valence-corrected chi connectivity index (χ3v) is 5.63. The lowest BCUT2D eigenvalue weighted by atomic mass is 10.0. The molecule has 0 aromatic heterocycles. The highest BCUT2D eigenvalue weighted by atomic mass is 32.2. The number of carboxylic acid groups (broad SMARTS) is 1. The zero-order chi connectivity index (χ0) is 16.1. The number of unbranched alkanes of at least 4 members (excludes halogenated alkanes) is 1. The number of carbonyl (C=O) groups excluding carboxylic acids is 2. The van der Waals surface area contributed by atoms with Crippen LogP contribution in [0.4, 0.5) is 4.79 Å². The van der Waals surface area contributed by atoms with E-state index in [1.165, 1.54) is 0 Å². The van der Waals surface area contributed by atoms with Crippen molar-refractivity contribution in [2.75, 3.05) is 5.75 Å². The number of aliphatic carboxylic acids is 1. The van der Waals surface area contributed by atoms with Crippen LogP contribution in [0.15, 0.2) is 0 Å². The van der Waals surface area contributed by atoms with Crippen molar-refractivity contribution in [1.29, 1.82) is 0 Å². The van der Waals surface area contributed by atoms with Gasteiger partial charge in [0.25, 0.3) is 0 Å². The number of amides is 3. The van der Waals surface area contributed by atoms with E-state index >= 15 is 0 Å². The molecule has 2 fully saturated rings. The number of hydrogen-bond donors (Lipinski definition) is 4. The van der Waals surface area contributed by atoms with Gasteiger partial charge in [0, 0.05) is 17.4 Å². The molecule has 124 valence electrons. The monoisotopic (exact) mass is 329 g/mol. The van der Waals surface area contributed by atoms with Gasteiger partial charge in [-0.1, -0.05) is 13.3 Å². The lowest BCUT2D eigenvalue weighted by Gasteiger charge is -2.16. The van der Waals surface area contributed by atoms with Crippen LogP contribution in [0.5, 0.6) is 0 Å². The second-order valence-electron chi connectivity index (χ2n) is 5.73. The molecule has 7 nitrogen and oxygen atoms in total. The van der Waals surface area contributed by atoms with Gasteiger partial charge in [0.1, 0.15) is 6.04 Å². The first-order valence-electron chi connectivity index (χ1n) is 7.72. The molecule has 2 rings (SSSR count). The van der Waals surface area contributed by atoms with E-state index in [9.17, 15) is 14.4 Å². The first-order chi connectivity index (χ1) is 10.5. The van der Waals surface area contributed by atoms with Crippen LogP contribution < -0.4 is 16.0 Å². The number of fused-ring (bicyclic) bond motifs is 1. The van der Waals surface area contributed by atoms with Crippen molar-refractivity contribution in [3.05, 3.63) is 0 Å². The molecule has 0 aromatic rings. The van der Waals surface area contributed by atoms with Gasteiger partial charge in [0.05, 0.1) is 12.1 Å². The van der Waals surface area contributed by atoms with Gasteiger partial charge in [0.15, 0.2) is 0 Å². The highest BCUT2D eigenvalue weighted by Gasteiger charge is 2.42. The molecule has 0 spiro atoms. The largest absolute Gasteiger partial charge is 0.480 e. The third kappa shape index (κ3) is 4.28. The van der Waals surface area contributed by atoms with Crippen LogP contribution in [-0.4, -0.2) is 52.1 Å². The Morgan fingerprint density at radius 2 is 2.18 bits per heavy atom. The summed E-state index contributed by atoms with van der Waals surface area (Å²) in [4.78, 5) is 33.8. The maximum Gasteiger partial charge on any atom is 0.326 e. The Bertz CT molecular complexity index is 446. The molecule has 2 aliphatic heterocycles. The van der Waals surface area contributed by atoms with Crippen LogP contribution in [-0.2, 0) is 9.59 Å². The molecular weight excluding hydrogens is 306 g/mol. The SMILES string of the molecule is CCC(NC(=O)CCCCC1SCC2NC(=O)NC21)C(=O)O. The van der Waals surface area contributed by atoms with Crippen molar-refractivity contribution in [1.82, 2.24) is 16.0 Å². The van der Waals surface area contributed by atoms with Gasteiger partial charge in [-0.2, -0.15) is 11.8 Å². The van der Waals surface area contributed by atoms with Crippen molar-refractivity contribution in [2.45, 2.75) is 62.4 Å². The molecule has 0 aliphatic carbocycles. The van der Waals surface area contributed by atoms with Crippen LogP contribution in [0, 0.1) is 0 Å². The van der Waals surface area contributed by atoms with Crippen LogP contribution >= 0.6 is 11.8 Å². The van der Waals surface area contributed by atoms with Gasteiger partial charge in [-0.15, -0.1) is 0 Å². The van der Waals surface area contributed by atoms with E-state index in [1.807, 2.05) is 11.8 Å². The van der Waals surface area contributed by atoms with E-state index in [2.05, 4.69) is 16.0 Å². The number of rotatable bonds is 8. The smallest absolute Gasteiger partial charge is 0.326 e. The van der Waals surface area contributed by atoms with E-state index in [-0.39, 0.29) is 24.0 Å². The predicted octanol–water partition coefficient (Wildman–Crippen LogP) is 0.692. The molecule has 0 saturated carbocycles. The predicted molar refractivity (Wildman–Crippen MR) is 83.8 cm³/mol. The molecule has 8 heteroatoms. The van der Waals surface area contributed by atoms with Crippen LogP contribution in [0.25, 0.3) is 0 Å². The van der Waals surface area contributed by atoms with Gasteiger partial charge in [0.2, 0.25) is 5.91 Å². The molecule has 0 radical (unpaired) electrons. The number of nitrogens with one attached hydrogen (secondary N) is 3. The molecule has 2 heterocycles. The normalized spacial score (nSPS) is 27.7. The van der Waals surface area contributed by atoms with Crippen LogP contribution in [0.2, 0.25) is 0 Å². The Hall–Kier alpha value is -1.44. The zero-order valence-electron chi connectivity index (χ0n) is 12.6. The van der Waals surface area contributed by atoms with E-state index in [0.29, 0.717) is 18.1 Å². The van der Waals surface area contributed by atoms with Gasteiger partial charge in [-0.3, -0.25) is 4.79 Å². The fourth-order valence-electron chi connectivity index (χ4n) is 2.88. The molecule has 3 amide bonds. The van der Waals surface area contributed by atoms with E-state index in [0.717, 1.165) is 25.0 Å². The van der Waals surface area contributed by atoms with Crippen LogP contribution in [0.1, 0.15) is 39.0 Å². The molecule has 22 heavy (non-hydrogen) atoms. The minimum absolute atomic E-state index is 0.0843. The second-order valence-corrected chi connectivity index (χ2v) is 7.01. The Labute approximate surface area is 134 Å². The molecule has 2 saturated heterocycles.